The zero-order valence-electron chi connectivity index (χ0n) is 12.3. The predicted molar refractivity (Wildman–Crippen MR) is 82.6 cm³/mol. The number of benzene rings is 1. The predicted octanol–water partition coefficient (Wildman–Crippen LogP) is 3.17. The molecule has 1 atom stereocenters. The first-order valence-electron chi connectivity index (χ1n) is 7.16. The van der Waals surface area contributed by atoms with Crippen molar-refractivity contribution >= 4 is 33.3 Å². The maximum atomic E-state index is 13.9. The summed E-state index contributed by atoms with van der Waals surface area (Å²) >= 11 is 1.18. The third kappa shape index (κ3) is 2.83. The van der Waals surface area contributed by atoms with E-state index in [0.717, 1.165) is 12.8 Å². The molecular formula is C16H16FNO3S. The number of amides is 1. The Kier molecular flexibility index (Phi) is 3.87. The van der Waals surface area contributed by atoms with Crippen molar-refractivity contribution in [1.29, 1.82) is 0 Å². The molecule has 4 nitrogen and oxygen atoms in total. The topological polar surface area (TPSA) is 55.4 Å². The molecule has 0 spiro atoms. The highest BCUT2D eigenvalue weighted by Gasteiger charge is 2.28. The summed E-state index contributed by atoms with van der Waals surface area (Å²) < 4.78 is 19.8. The van der Waals surface area contributed by atoms with Crippen LogP contribution in [-0.4, -0.2) is 24.0 Å². The standard InChI is InChI=1S/C16H16FNO3S/c1-8-13-11(17)4-3-5-12(13)22-14(8)16(20)21-9(2)15(19)18-10-6-7-10/h3-5,9-10H,6-7H2,1-2H3,(H,18,19)/t9-/m0/s1. The summed E-state index contributed by atoms with van der Waals surface area (Å²) in [5, 5.41) is 3.23. The molecular weight excluding hydrogens is 305 g/mol. The molecule has 1 aliphatic rings. The number of halogens is 1. The summed E-state index contributed by atoms with van der Waals surface area (Å²) in [6, 6.07) is 4.95. The first-order chi connectivity index (χ1) is 10.5. The van der Waals surface area contributed by atoms with E-state index in [1.54, 1.807) is 26.0 Å². The quantitative estimate of drug-likeness (QED) is 0.880. The van der Waals surface area contributed by atoms with E-state index in [-0.39, 0.29) is 17.8 Å². The van der Waals surface area contributed by atoms with E-state index in [1.165, 1.54) is 17.4 Å². The second-order valence-corrected chi connectivity index (χ2v) is 6.55. The lowest BCUT2D eigenvalue weighted by molar-refractivity contribution is -0.129. The molecule has 0 radical (unpaired) electrons. The van der Waals surface area contributed by atoms with Gasteiger partial charge in [0.05, 0.1) is 0 Å². The summed E-state index contributed by atoms with van der Waals surface area (Å²) in [7, 11) is 0. The number of nitrogens with one attached hydrogen (secondary N) is 1. The van der Waals surface area contributed by atoms with Gasteiger partial charge in [-0.3, -0.25) is 4.79 Å². The number of thiophene rings is 1. The average molecular weight is 321 g/mol. The van der Waals surface area contributed by atoms with Crippen LogP contribution in [0.2, 0.25) is 0 Å². The van der Waals surface area contributed by atoms with Crippen molar-refractivity contribution in [1.82, 2.24) is 5.32 Å². The number of carbonyl (C=O) groups excluding carboxylic acids is 2. The highest BCUT2D eigenvalue weighted by Crippen LogP contribution is 2.33. The third-order valence-corrected chi connectivity index (χ3v) is 4.90. The fraction of sp³-hybridized carbons (Fsp3) is 0.375. The molecule has 0 bridgehead atoms. The van der Waals surface area contributed by atoms with Gasteiger partial charge in [0.25, 0.3) is 5.91 Å². The lowest BCUT2D eigenvalue weighted by Gasteiger charge is -2.12. The summed E-state index contributed by atoms with van der Waals surface area (Å²) in [6.07, 6.45) is 1.09. The van der Waals surface area contributed by atoms with Gasteiger partial charge in [-0.25, -0.2) is 9.18 Å². The molecule has 1 aliphatic carbocycles. The zero-order valence-corrected chi connectivity index (χ0v) is 13.1. The Morgan fingerprint density at radius 1 is 1.41 bits per heavy atom. The smallest absolute Gasteiger partial charge is 0.349 e. The molecule has 1 saturated carbocycles. The number of hydrogen-bond acceptors (Lipinski definition) is 4. The van der Waals surface area contributed by atoms with Gasteiger partial charge in [0, 0.05) is 16.1 Å². The van der Waals surface area contributed by atoms with Crippen LogP contribution in [0.3, 0.4) is 0 Å². The molecule has 1 aromatic heterocycles. The molecule has 1 aromatic carbocycles. The van der Waals surface area contributed by atoms with Gasteiger partial charge in [-0.15, -0.1) is 11.3 Å². The van der Waals surface area contributed by atoms with Crippen LogP contribution in [0.1, 0.15) is 35.0 Å². The highest BCUT2D eigenvalue weighted by atomic mass is 32.1. The Morgan fingerprint density at radius 2 is 2.14 bits per heavy atom. The Balaban J connectivity index is 1.78. The molecule has 6 heteroatoms. The van der Waals surface area contributed by atoms with Crippen molar-refractivity contribution in [3.63, 3.8) is 0 Å². The van der Waals surface area contributed by atoms with Gasteiger partial charge in [-0.2, -0.15) is 0 Å². The van der Waals surface area contributed by atoms with Gasteiger partial charge in [0.2, 0.25) is 0 Å². The summed E-state index contributed by atoms with van der Waals surface area (Å²) in [4.78, 5) is 24.4. The van der Waals surface area contributed by atoms with Crippen LogP contribution in [0.25, 0.3) is 10.1 Å². The van der Waals surface area contributed by atoms with E-state index in [2.05, 4.69) is 5.32 Å². The molecule has 2 aromatic rings. The first kappa shape index (κ1) is 15.0. The maximum Gasteiger partial charge on any atom is 0.349 e. The lowest BCUT2D eigenvalue weighted by Crippen LogP contribution is -2.37. The van der Waals surface area contributed by atoms with Crippen LogP contribution in [0.4, 0.5) is 4.39 Å². The SMILES string of the molecule is Cc1c(C(=O)O[C@@H](C)C(=O)NC2CC2)sc2cccc(F)c12. The van der Waals surface area contributed by atoms with E-state index in [0.29, 0.717) is 20.5 Å². The number of rotatable bonds is 4. The molecule has 0 unspecified atom stereocenters. The second-order valence-electron chi connectivity index (χ2n) is 5.50. The summed E-state index contributed by atoms with van der Waals surface area (Å²) in [6.45, 7) is 3.23. The number of ether oxygens (including phenoxy) is 1. The normalized spacial score (nSPS) is 15.6. The lowest BCUT2D eigenvalue weighted by atomic mass is 10.1. The van der Waals surface area contributed by atoms with Crippen molar-refractivity contribution in [3.8, 4) is 0 Å². The van der Waals surface area contributed by atoms with Gasteiger partial charge in [0.1, 0.15) is 10.7 Å². The first-order valence-corrected chi connectivity index (χ1v) is 7.98. The van der Waals surface area contributed by atoms with Gasteiger partial charge in [-0.1, -0.05) is 6.07 Å². The number of hydrogen-bond donors (Lipinski definition) is 1. The van der Waals surface area contributed by atoms with Crippen molar-refractivity contribution in [2.45, 2.75) is 38.8 Å². The number of esters is 1. The number of carbonyl (C=O) groups is 2. The molecule has 3 rings (SSSR count). The maximum absolute atomic E-state index is 13.9. The number of aryl methyl sites for hydroxylation is 1. The van der Waals surface area contributed by atoms with Crippen LogP contribution in [0, 0.1) is 12.7 Å². The van der Waals surface area contributed by atoms with Crippen LogP contribution in [0.5, 0.6) is 0 Å². The van der Waals surface area contributed by atoms with Crippen molar-refractivity contribution < 1.29 is 18.7 Å². The molecule has 1 fully saturated rings. The molecule has 116 valence electrons. The van der Waals surface area contributed by atoms with E-state index in [4.69, 9.17) is 4.74 Å². The van der Waals surface area contributed by atoms with Gasteiger partial charge in [0.15, 0.2) is 6.10 Å². The minimum atomic E-state index is -0.859. The fourth-order valence-corrected chi connectivity index (χ4v) is 3.37. The van der Waals surface area contributed by atoms with E-state index in [1.807, 2.05) is 0 Å². The van der Waals surface area contributed by atoms with Crippen molar-refractivity contribution in [3.05, 3.63) is 34.5 Å². The Hall–Kier alpha value is -1.95. The Morgan fingerprint density at radius 3 is 2.77 bits per heavy atom. The van der Waals surface area contributed by atoms with Gasteiger partial charge >= 0.3 is 5.97 Å². The number of fused-ring (bicyclic) bond motifs is 1. The van der Waals surface area contributed by atoms with Crippen LogP contribution >= 0.6 is 11.3 Å². The minimum Gasteiger partial charge on any atom is -0.448 e. The summed E-state index contributed by atoms with van der Waals surface area (Å²) in [5.41, 5.74) is 0.554. The molecule has 1 N–H and O–H groups in total. The summed E-state index contributed by atoms with van der Waals surface area (Å²) in [5.74, 6) is -1.23. The molecule has 0 saturated heterocycles. The van der Waals surface area contributed by atoms with Crippen LogP contribution < -0.4 is 5.32 Å². The highest BCUT2D eigenvalue weighted by molar-refractivity contribution is 7.21. The van der Waals surface area contributed by atoms with Crippen molar-refractivity contribution in [2.24, 2.45) is 0 Å². The van der Waals surface area contributed by atoms with Crippen molar-refractivity contribution in [2.75, 3.05) is 0 Å². The van der Waals surface area contributed by atoms with E-state index < -0.39 is 12.1 Å². The monoisotopic (exact) mass is 321 g/mol. The Bertz CT molecular complexity index is 751. The molecule has 1 heterocycles. The minimum absolute atomic E-state index is 0.216. The molecule has 1 amide bonds. The second kappa shape index (κ2) is 5.68. The molecule has 0 aliphatic heterocycles. The van der Waals surface area contributed by atoms with Crippen LogP contribution in [-0.2, 0) is 9.53 Å². The van der Waals surface area contributed by atoms with Gasteiger partial charge in [-0.05, 0) is 44.4 Å². The van der Waals surface area contributed by atoms with Gasteiger partial charge < -0.3 is 10.1 Å². The zero-order chi connectivity index (χ0) is 15.9. The Labute approximate surface area is 131 Å². The third-order valence-electron chi connectivity index (χ3n) is 3.67. The average Bonchev–Trinajstić information content (AvgIpc) is 3.21. The van der Waals surface area contributed by atoms with E-state index >= 15 is 0 Å². The van der Waals surface area contributed by atoms with Crippen LogP contribution in [0.15, 0.2) is 18.2 Å². The largest absolute Gasteiger partial charge is 0.448 e. The fourth-order valence-electron chi connectivity index (χ4n) is 2.26. The van der Waals surface area contributed by atoms with E-state index in [9.17, 15) is 14.0 Å². The molecule has 22 heavy (non-hydrogen) atoms.